The number of benzene rings is 2. The van der Waals surface area contributed by atoms with E-state index < -0.39 is 11.6 Å². The Hall–Kier alpha value is -3.05. The molecule has 3 aromatic rings. The summed E-state index contributed by atoms with van der Waals surface area (Å²) in [5.74, 6) is -0.111. The molecule has 0 bridgehead atoms. The maximum absolute atomic E-state index is 12.3. The molecule has 3 rings (SSSR count). The van der Waals surface area contributed by atoms with Gasteiger partial charge in [0.2, 0.25) is 0 Å². The maximum Gasteiger partial charge on any atom is 0.344 e. The molecule has 0 aliphatic rings. The van der Waals surface area contributed by atoms with Gasteiger partial charge in [0.1, 0.15) is 17.9 Å². The highest BCUT2D eigenvalue weighted by Gasteiger charge is 2.10. The van der Waals surface area contributed by atoms with Crippen molar-refractivity contribution in [2.75, 3.05) is 13.2 Å². The van der Waals surface area contributed by atoms with E-state index >= 15 is 0 Å². The molecule has 0 saturated heterocycles. The van der Waals surface area contributed by atoms with Crippen LogP contribution >= 0.6 is 11.6 Å². The molecule has 0 atom stereocenters. The fourth-order valence-corrected chi connectivity index (χ4v) is 2.47. The Bertz CT molecular complexity index is 1000. The van der Waals surface area contributed by atoms with E-state index in [2.05, 4.69) is 6.58 Å². The number of rotatable bonds is 6. The monoisotopic (exact) mass is 370 g/mol. The number of fused-ring (bicyclic) bond motifs is 1. The summed E-state index contributed by atoms with van der Waals surface area (Å²) in [5, 5.41) is 1.32. The minimum absolute atomic E-state index is 0.127. The van der Waals surface area contributed by atoms with Gasteiger partial charge in [-0.05, 0) is 35.9 Å². The van der Waals surface area contributed by atoms with Gasteiger partial charge in [0, 0.05) is 16.5 Å². The number of carbonyl (C=O) groups is 1. The fourth-order valence-electron chi connectivity index (χ4n) is 2.35. The summed E-state index contributed by atoms with van der Waals surface area (Å²) < 4.78 is 15.6. The fraction of sp³-hybridized carbons (Fsp3) is 0.100. The molecule has 2 aromatic carbocycles. The summed E-state index contributed by atoms with van der Waals surface area (Å²) in [7, 11) is 0. The second-order valence-corrected chi connectivity index (χ2v) is 5.85. The summed E-state index contributed by atoms with van der Waals surface area (Å²) in [6.45, 7) is 3.34. The summed E-state index contributed by atoms with van der Waals surface area (Å²) in [4.78, 5) is 23.7. The van der Waals surface area contributed by atoms with Crippen molar-refractivity contribution in [2.24, 2.45) is 0 Å². The van der Waals surface area contributed by atoms with E-state index in [1.807, 2.05) is 0 Å². The first kappa shape index (κ1) is 17.8. The van der Waals surface area contributed by atoms with E-state index in [0.29, 0.717) is 21.9 Å². The number of esters is 1. The van der Waals surface area contributed by atoms with Gasteiger partial charge < -0.3 is 13.9 Å². The van der Waals surface area contributed by atoms with Gasteiger partial charge >= 0.3 is 11.6 Å². The van der Waals surface area contributed by atoms with Crippen molar-refractivity contribution in [3.8, 4) is 16.9 Å². The summed E-state index contributed by atoms with van der Waals surface area (Å²) in [6, 6.07) is 13.7. The standard InChI is InChI=1S/C20H15ClO5/c1-2-9-24-19(22)12-25-16-8-5-14-10-17(20(23)26-18(14)11-16)13-3-6-15(21)7-4-13/h2-8,10-11H,1,9,12H2. The molecule has 1 aromatic heterocycles. The van der Waals surface area contributed by atoms with Gasteiger partial charge in [0.25, 0.3) is 0 Å². The highest BCUT2D eigenvalue weighted by Crippen LogP contribution is 2.25. The third-order valence-electron chi connectivity index (χ3n) is 3.58. The Morgan fingerprint density at radius 2 is 1.92 bits per heavy atom. The highest BCUT2D eigenvalue weighted by atomic mass is 35.5. The molecule has 0 radical (unpaired) electrons. The zero-order chi connectivity index (χ0) is 18.5. The minimum Gasteiger partial charge on any atom is -0.482 e. The third-order valence-corrected chi connectivity index (χ3v) is 3.83. The predicted octanol–water partition coefficient (Wildman–Crippen LogP) is 4.22. The van der Waals surface area contributed by atoms with Crippen molar-refractivity contribution in [1.29, 1.82) is 0 Å². The average molecular weight is 371 g/mol. The van der Waals surface area contributed by atoms with Crippen molar-refractivity contribution in [2.45, 2.75) is 0 Å². The van der Waals surface area contributed by atoms with E-state index in [1.165, 1.54) is 6.08 Å². The lowest BCUT2D eigenvalue weighted by atomic mass is 10.1. The molecule has 5 nitrogen and oxygen atoms in total. The lowest BCUT2D eigenvalue weighted by molar-refractivity contribution is -0.144. The third kappa shape index (κ3) is 4.13. The van der Waals surface area contributed by atoms with E-state index in [0.717, 1.165) is 10.9 Å². The van der Waals surface area contributed by atoms with Crippen LogP contribution in [0.25, 0.3) is 22.1 Å². The van der Waals surface area contributed by atoms with Crippen molar-refractivity contribution in [3.63, 3.8) is 0 Å². The van der Waals surface area contributed by atoms with Gasteiger partial charge in [-0.3, -0.25) is 0 Å². The topological polar surface area (TPSA) is 65.7 Å². The Labute approximate surface area is 154 Å². The van der Waals surface area contributed by atoms with Gasteiger partial charge in [0.05, 0.1) is 5.56 Å². The van der Waals surface area contributed by atoms with Crippen molar-refractivity contribution in [1.82, 2.24) is 0 Å². The van der Waals surface area contributed by atoms with Crippen LogP contribution in [0.4, 0.5) is 0 Å². The first-order chi connectivity index (χ1) is 12.6. The predicted molar refractivity (Wildman–Crippen MR) is 99.6 cm³/mol. The zero-order valence-corrected chi connectivity index (χ0v) is 14.5. The molecule has 6 heteroatoms. The summed E-state index contributed by atoms with van der Waals surface area (Å²) in [6.07, 6.45) is 1.47. The summed E-state index contributed by atoms with van der Waals surface area (Å²) >= 11 is 5.88. The van der Waals surface area contributed by atoms with E-state index in [1.54, 1.807) is 48.5 Å². The molecule has 0 aliphatic carbocycles. The molecule has 0 N–H and O–H groups in total. The van der Waals surface area contributed by atoms with Crippen molar-refractivity contribution < 1.29 is 18.7 Å². The van der Waals surface area contributed by atoms with Gasteiger partial charge in [-0.1, -0.05) is 36.4 Å². The van der Waals surface area contributed by atoms with Crippen LogP contribution < -0.4 is 10.4 Å². The second kappa shape index (κ2) is 7.89. The lowest BCUT2D eigenvalue weighted by Crippen LogP contribution is -2.14. The largest absolute Gasteiger partial charge is 0.482 e. The SMILES string of the molecule is C=CCOC(=O)COc1ccc2cc(-c3ccc(Cl)cc3)c(=O)oc2c1. The van der Waals surface area contributed by atoms with E-state index in [-0.39, 0.29) is 13.2 Å². The van der Waals surface area contributed by atoms with Crippen LogP contribution in [0, 0.1) is 0 Å². The molecule has 0 saturated carbocycles. The van der Waals surface area contributed by atoms with Crippen LogP contribution in [0.5, 0.6) is 5.75 Å². The van der Waals surface area contributed by atoms with E-state index in [9.17, 15) is 9.59 Å². The maximum atomic E-state index is 12.3. The van der Waals surface area contributed by atoms with Crippen molar-refractivity contribution in [3.05, 3.63) is 76.6 Å². The Morgan fingerprint density at radius 1 is 1.15 bits per heavy atom. The molecule has 0 aliphatic heterocycles. The van der Waals surface area contributed by atoms with Gasteiger partial charge in [-0.15, -0.1) is 0 Å². The normalized spacial score (nSPS) is 10.5. The van der Waals surface area contributed by atoms with Crippen LogP contribution in [0.2, 0.25) is 5.02 Å². The van der Waals surface area contributed by atoms with Crippen LogP contribution in [0.3, 0.4) is 0 Å². The summed E-state index contributed by atoms with van der Waals surface area (Å²) in [5.41, 5.74) is 1.05. The Morgan fingerprint density at radius 3 is 2.65 bits per heavy atom. The molecule has 0 fully saturated rings. The van der Waals surface area contributed by atoms with Crippen LogP contribution in [0.1, 0.15) is 0 Å². The quantitative estimate of drug-likeness (QED) is 0.369. The number of hydrogen-bond acceptors (Lipinski definition) is 5. The molecular formula is C20H15ClO5. The van der Waals surface area contributed by atoms with Gasteiger partial charge in [0.15, 0.2) is 6.61 Å². The van der Waals surface area contributed by atoms with Gasteiger partial charge in [-0.2, -0.15) is 0 Å². The minimum atomic E-state index is -0.510. The molecule has 0 amide bonds. The van der Waals surface area contributed by atoms with Gasteiger partial charge in [-0.25, -0.2) is 9.59 Å². The molecule has 132 valence electrons. The van der Waals surface area contributed by atoms with E-state index in [4.69, 9.17) is 25.5 Å². The zero-order valence-electron chi connectivity index (χ0n) is 13.7. The number of carbonyl (C=O) groups excluding carboxylic acids is 1. The number of hydrogen-bond donors (Lipinski definition) is 0. The number of ether oxygens (including phenoxy) is 2. The molecule has 26 heavy (non-hydrogen) atoms. The van der Waals surface area contributed by atoms with Crippen LogP contribution in [0.15, 0.2) is 70.4 Å². The Balaban J connectivity index is 1.84. The first-order valence-corrected chi connectivity index (χ1v) is 8.18. The molecule has 1 heterocycles. The average Bonchev–Trinajstić information content (AvgIpc) is 2.64. The second-order valence-electron chi connectivity index (χ2n) is 5.41. The smallest absolute Gasteiger partial charge is 0.344 e. The molecule has 0 unspecified atom stereocenters. The van der Waals surface area contributed by atoms with Crippen molar-refractivity contribution >= 4 is 28.5 Å². The van der Waals surface area contributed by atoms with Crippen LogP contribution in [-0.2, 0) is 9.53 Å². The van der Waals surface area contributed by atoms with Crippen LogP contribution in [-0.4, -0.2) is 19.2 Å². The molecular weight excluding hydrogens is 356 g/mol. The lowest BCUT2D eigenvalue weighted by Gasteiger charge is -2.07. The number of halogens is 1. The highest BCUT2D eigenvalue weighted by molar-refractivity contribution is 6.30. The first-order valence-electron chi connectivity index (χ1n) is 7.80. The molecule has 0 spiro atoms. The Kier molecular flexibility index (Phi) is 5.39.